The lowest BCUT2D eigenvalue weighted by Crippen LogP contribution is -2.16. The van der Waals surface area contributed by atoms with Gasteiger partial charge in [0.1, 0.15) is 18.1 Å². The molecule has 0 atom stereocenters. The van der Waals surface area contributed by atoms with Crippen LogP contribution in [-0.4, -0.2) is 28.6 Å². The summed E-state index contributed by atoms with van der Waals surface area (Å²) in [6, 6.07) is 7.55. The number of aromatic nitrogens is 2. The standard InChI is InChI=1S/C22H22ClF3N2O4/c1-4-30-15-5-7-16(8-6-15)31-12-19(29)32-11-18-20(13(2)3)27-21-17(23)9-14(10-28(18)21)22(24,25)26/h5-10,13H,4,11-12H2,1-3H3. The van der Waals surface area contributed by atoms with Crippen molar-refractivity contribution in [3.8, 4) is 11.5 Å². The molecule has 0 unspecified atom stereocenters. The lowest BCUT2D eigenvalue weighted by molar-refractivity contribution is -0.147. The van der Waals surface area contributed by atoms with Crippen molar-refractivity contribution in [2.24, 2.45) is 0 Å². The number of fused-ring (bicyclic) bond motifs is 1. The Bertz CT molecular complexity index is 1100. The smallest absolute Gasteiger partial charge is 0.417 e. The van der Waals surface area contributed by atoms with E-state index in [-0.39, 0.29) is 29.8 Å². The summed E-state index contributed by atoms with van der Waals surface area (Å²) in [5.41, 5.74) is 0.0537. The zero-order valence-corrected chi connectivity index (χ0v) is 18.5. The second-order valence-electron chi connectivity index (χ2n) is 7.22. The quantitative estimate of drug-likeness (QED) is 0.398. The molecule has 2 aromatic heterocycles. The fourth-order valence-electron chi connectivity index (χ4n) is 3.06. The van der Waals surface area contributed by atoms with Gasteiger partial charge in [-0.15, -0.1) is 0 Å². The van der Waals surface area contributed by atoms with Crippen molar-refractivity contribution in [1.29, 1.82) is 0 Å². The third-order valence-corrected chi connectivity index (χ3v) is 4.82. The first-order valence-corrected chi connectivity index (χ1v) is 10.3. The molecule has 3 rings (SSSR count). The number of ether oxygens (including phenoxy) is 3. The molecule has 2 heterocycles. The predicted molar refractivity (Wildman–Crippen MR) is 112 cm³/mol. The van der Waals surface area contributed by atoms with Crippen molar-refractivity contribution >= 4 is 23.2 Å². The highest BCUT2D eigenvalue weighted by atomic mass is 35.5. The van der Waals surface area contributed by atoms with E-state index in [1.54, 1.807) is 24.3 Å². The predicted octanol–water partition coefficient (Wildman–Crippen LogP) is 5.65. The molecular formula is C22H22ClF3N2O4. The highest BCUT2D eigenvalue weighted by molar-refractivity contribution is 6.33. The van der Waals surface area contributed by atoms with E-state index in [2.05, 4.69) is 4.98 Å². The second kappa shape index (κ2) is 9.68. The number of nitrogens with zero attached hydrogens (tertiary/aromatic N) is 2. The summed E-state index contributed by atoms with van der Waals surface area (Å²) in [4.78, 5) is 16.5. The van der Waals surface area contributed by atoms with E-state index in [4.69, 9.17) is 25.8 Å². The average molecular weight is 471 g/mol. The molecule has 0 saturated heterocycles. The van der Waals surface area contributed by atoms with Crippen molar-refractivity contribution < 1.29 is 32.2 Å². The highest BCUT2D eigenvalue weighted by Crippen LogP contribution is 2.34. The number of carbonyl (C=O) groups is 1. The van der Waals surface area contributed by atoms with E-state index < -0.39 is 17.7 Å². The minimum atomic E-state index is -4.58. The number of hydrogen-bond donors (Lipinski definition) is 0. The Kier molecular flexibility index (Phi) is 7.18. The number of pyridine rings is 1. The highest BCUT2D eigenvalue weighted by Gasteiger charge is 2.32. The second-order valence-corrected chi connectivity index (χ2v) is 7.63. The van der Waals surface area contributed by atoms with Crippen molar-refractivity contribution in [2.75, 3.05) is 13.2 Å². The molecular weight excluding hydrogens is 449 g/mol. The van der Waals surface area contributed by atoms with Crippen LogP contribution in [0.25, 0.3) is 5.65 Å². The third-order valence-electron chi connectivity index (χ3n) is 4.54. The molecule has 32 heavy (non-hydrogen) atoms. The van der Waals surface area contributed by atoms with Crippen LogP contribution < -0.4 is 9.47 Å². The lowest BCUT2D eigenvalue weighted by atomic mass is 10.1. The molecule has 3 aromatic rings. The number of rotatable bonds is 8. The van der Waals surface area contributed by atoms with Crippen molar-refractivity contribution in [1.82, 2.24) is 9.38 Å². The normalized spacial score (nSPS) is 11.8. The Labute approximate surface area is 187 Å². The molecule has 0 radical (unpaired) electrons. The fourth-order valence-corrected chi connectivity index (χ4v) is 3.31. The molecule has 0 fully saturated rings. The SMILES string of the molecule is CCOc1ccc(OCC(=O)OCc2c(C(C)C)nc3c(Cl)cc(C(F)(F)F)cn23)cc1. The third kappa shape index (κ3) is 5.45. The average Bonchev–Trinajstić information content (AvgIpc) is 3.11. The van der Waals surface area contributed by atoms with E-state index in [1.807, 2.05) is 20.8 Å². The van der Waals surface area contributed by atoms with Gasteiger partial charge in [0.2, 0.25) is 0 Å². The molecule has 6 nitrogen and oxygen atoms in total. The lowest BCUT2D eigenvalue weighted by Gasteiger charge is -2.12. The van der Waals surface area contributed by atoms with Gasteiger partial charge >= 0.3 is 12.1 Å². The Morgan fingerprint density at radius 1 is 1.16 bits per heavy atom. The van der Waals surface area contributed by atoms with Crippen molar-refractivity contribution in [3.05, 3.63) is 58.5 Å². The van der Waals surface area contributed by atoms with Crippen LogP contribution in [0.5, 0.6) is 11.5 Å². The van der Waals surface area contributed by atoms with E-state index in [9.17, 15) is 18.0 Å². The summed E-state index contributed by atoms with van der Waals surface area (Å²) >= 11 is 6.05. The van der Waals surface area contributed by atoms with Crippen molar-refractivity contribution in [2.45, 2.75) is 39.5 Å². The first kappa shape index (κ1) is 23.7. The number of carbonyl (C=O) groups excluding carboxylic acids is 1. The number of benzene rings is 1. The molecule has 1 aromatic carbocycles. The fraction of sp³-hybridized carbons (Fsp3) is 0.364. The van der Waals surface area contributed by atoms with Gasteiger partial charge in [-0.2, -0.15) is 13.2 Å². The molecule has 0 N–H and O–H groups in total. The monoisotopic (exact) mass is 470 g/mol. The molecule has 0 saturated carbocycles. The summed E-state index contributed by atoms with van der Waals surface area (Å²) in [5, 5.41) is -0.141. The largest absolute Gasteiger partial charge is 0.494 e. The number of hydrogen-bond acceptors (Lipinski definition) is 5. The van der Waals surface area contributed by atoms with Crippen LogP contribution in [0.15, 0.2) is 36.5 Å². The Balaban J connectivity index is 1.74. The summed E-state index contributed by atoms with van der Waals surface area (Å²) < 4.78 is 56.9. The van der Waals surface area contributed by atoms with Crippen LogP contribution >= 0.6 is 11.6 Å². The molecule has 0 spiro atoms. The van der Waals surface area contributed by atoms with Gasteiger partial charge in [0.15, 0.2) is 12.3 Å². The Hall–Kier alpha value is -2.94. The summed E-state index contributed by atoms with van der Waals surface area (Å²) in [7, 11) is 0. The molecule has 0 aliphatic carbocycles. The van der Waals surface area contributed by atoms with Crippen LogP contribution in [0.4, 0.5) is 13.2 Å². The number of imidazole rings is 1. The van der Waals surface area contributed by atoms with Crippen LogP contribution in [0.3, 0.4) is 0 Å². The maximum Gasteiger partial charge on any atom is 0.417 e. The minimum absolute atomic E-state index is 0.130. The Morgan fingerprint density at radius 3 is 2.34 bits per heavy atom. The van der Waals surface area contributed by atoms with Gasteiger partial charge in [0.05, 0.1) is 28.6 Å². The van der Waals surface area contributed by atoms with E-state index >= 15 is 0 Å². The topological polar surface area (TPSA) is 62.1 Å². The summed E-state index contributed by atoms with van der Waals surface area (Å²) in [6.07, 6.45) is -3.68. The van der Waals surface area contributed by atoms with E-state index in [0.717, 1.165) is 12.3 Å². The molecule has 0 bridgehead atoms. The van der Waals surface area contributed by atoms with Crippen molar-refractivity contribution in [3.63, 3.8) is 0 Å². The van der Waals surface area contributed by atoms with Gasteiger partial charge in [-0.3, -0.25) is 4.40 Å². The van der Waals surface area contributed by atoms with Crippen LogP contribution in [-0.2, 0) is 22.3 Å². The zero-order chi connectivity index (χ0) is 23.5. The first-order chi connectivity index (χ1) is 15.1. The zero-order valence-electron chi connectivity index (χ0n) is 17.7. The van der Waals surface area contributed by atoms with Gasteiger partial charge < -0.3 is 14.2 Å². The van der Waals surface area contributed by atoms with E-state index in [1.165, 1.54) is 4.40 Å². The Morgan fingerprint density at radius 2 is 1.78 bits per heavy atom. The number of halogens is 4. The molecule has 0 aliphatic rings. The van der Waals surface area contributed by atoms with Crippen LogP contribution in [0, 0.1) is 0 Å². The molecule has 0 aliphatic heterocycles. The van der Waals surface area contributed by atoms with Gasteiger partial charge in [-0.25, -0.2) is 9.78 Å². The first-order valence-electron chi connectivity index (χ1n) is 9.89. The molecule has 172 valence electrons. The maximum absolute atomic E-state index is 13.2. The van der Waals surface area contributed by atoms with Gasteiger partial charge in [0.25, 0.3) is 0 Å². The number of esters is 1. The van der Waals surface area contributed by atoms with Gasteiger partial charge in [0, 0.05) is 6.20 Å². The molecule has 0 amide bonds. The number of alkyl halides is 3. The van der Waals surface area contributed by atoms with Gasteiger partial charge in [-0.1, -0.05) is 25.4 Å². The van der Waals surface area contributed by atoms with Crippen LogP contribution in [0.1, 0.15) is 43.6 Å². The minimum Gasteiger partial charge on any atom is -0.494 e. The van der Waals surface area contributed by atoms with Crippen LogP contribution in [0.2, 0.25) is 5.02 Å². The maximum atomic E-state index is 13.2. The summed E-state index contributed by atoms with van der Waals surface area (Å²) in [6.45, 7) is 5.42. The van der Waals surface area contributed by atoms with Gasteiger partial charge in [-0.05, 0) is 43.2 Å². The summed E-state index contributed by atoms with van der Waals surface area (Å²) in [5.74, 6) is 0.313. The van der Waals surface area contributed by atoms with E-state index in [0.29, 0.717) is 29.5 Å². The molecule has 10 heteroatoms.